The summed E-state index contributed by atoms with van der Waals surface area (Å²) in [5.74, 6) is 0.942. The maximum atomic E-state index is 3.62. The Morgan fingerprint density at radius 3 is 2.53 bits per heavy atom. The fraction of sp³-hybridized carbons (Fsp3) is 0.857. The lowest BCUT2D eigenvalue weighted by molar-refractivity contribution is 0.483. The molecule has 15 heavy (non-hydrogen) atoms. The van der Waals surface area contributed by atoms with Crippen molar-refractivity contribution < 1.29 is 0 Å². The molecule has 1 rings (SSSR count). The van der Waals surface area contributed by atoms with Gasteiger partial charge in [-0.2, -0.15) is 0 Å². The highest BCUT2D eigenvalue weighted by molar-refractivity contribution is 4.99. The van der Waals surface area contributed by atoms with Gasteiger partial charge in [-0.25, -0.2) is 0 Å². The first-order valence-electron chi connectivity index (χ1n) is 6.70. The summed E-state index contributed by atoms with van der Waals surface area (Å²) in [5, 5.41) is 3.62. The Morgan fingerprint density at radius 2 is 1.87 bits per heavy atom. The Balaban J connectivity index is 2.34. The van der Waals surface area contributed by atoms with Gasteiger partial charge in [-0.05, 0) is 44.2 Å². The molecule has 0 aliphatic heterocycles. The van der Waals surface area contributed by atoms with E-state index < -0.39 is 0 Å². The molecule has 0 heterocycles. The fourth-order valence-electron chi connectivity index (χ4n) is 2.34. The largest absolute Gasteiger partial charge is 0.388 e. The molecule has 1 fully saturated rings. The lowest BCUT2D eigenvalue weighted by atomic mass is 10.0. The molecule has 0 aromatic rings. The Labute approximate surface area is 95.3 Å². The molecule has 0 aromatic heterocycles. The molecule has 1 aliphatic carbocycles. The molecule has 1 N–H and O–H groups in total. The number of hydrogen-bond donors (Lipinski definition) is 1. The van der Waals surface area contributed by atoms with Crippen LogP contribution in [0.25, 0.3) is 0 Å². The second-order valence-corrected chi connectivity index (χ2v) is 4.99. The van der Waals surface area contributed by atoms with Crippen molar-refractivity contribution in [2.75, 3.05) is 0 Å². The quantitative estimate of drug-likeness (QED) is 0.683. The van der Waals surface area contributed by atoms with Gasteiger partial charge in [0.1, 0.15) is 0 Å². The number of hydrogen-bond acceptors (Lipinski definition) is 1. The fourth-order valence-corrected chi connectivity index (χ4v) is 2.34. The molecule has 0 radical (unpaired) electrons. The molecule has 1 heteroatoms. The summed E-state index contributed by atoms with van der Waals surface area (Å²) < 4.78 is 0. The minimum atomic E-state index is 0.739. The van der Waals surface area contributed by atoms with Crippen molar-refractivity contribution >= 4 is 0 Å². The van der Waals surface area contributed by atoms with Crippen LogP contribution in [-0.2, 0) is 0 Å². The van der Waals surface area contributed by atoms with E-state index in [9.17, 15) is 0 Å². The Hall–Kier alpha value is -0.460. The first-order valence-corrected chi connectivity index (χ1v) is 6.70. The Bertz CT molecular complexity index is 190. The maximum Gasteiger partial charge on any atom is 0.0255 e. The first kappa shape index (κ1) is 12.6. The van der Waals surface area contributed by atoms with E-state index in [-0.39, 0.29) is 0 Å². The Morgan fingerprint density at radius 1 is 1.13 bits per heavy atom. The summed E-state index contributed by atoms with van der Waals surface area (Å²) in [6.07, 6.45) is 11.6. The standard InChI is InChI=1S/C14H27N/c1-4-13(5-2)11-15-14-8-6-7-12(3)9-10-14/h11-12,14-15H,4-10H2,1-3H3. The van der Waals surface area contributed by atoms with Crippen molar-refractivity contribution in [3.63, 3.8) is 0 Å². The van der Waals surface area contributed by atoms with E-state index in [1.54, 1.807) is 5.57 Å². The van der Waals surface area contributed by atoms with Crippen LogP contribution < -0.4 is 5.32 Å². The van der Waals surface area contributed by atoms with Crippen LogP contribution in [0.5, 0.6) is 0 Å². The van der Waals surface area contributed by atoms with E-state index in [1.807, 2.05) is 0 Å². The van der Waals surface area contributed by atoms with Crippen molar-refractivity contribution in [2.45, 2.75) is 71.8 Å². The van der Waals surface area contributed by atoms with Gasteiger partial charge in [-0.3, -0.25) is 0 Å². The van der Waals surface area contributed by atoms with Crippen LogP contribution in [0.3, 0.4) is 0 Å². The Kier molecular flexibility index (Phi) is 5.82. The van der Waals surface area contributed by atoms with Crippen LogP contribution in [0.1, 0.15) is 65.7 Å². The van der Waals surface area contributed by atoms with Crippen LogP contribution in [0, 0.1) is 5.92 Å². The molecular weight excluding hydrogens is 182 g/mol. The second kappa shape index (κ2) is 6.92. The van der Waals surface area contributed by atoms with E-state index in [0.717, 1.165) is 12.0 Å². The van der Waals surface area contributed by atoms with Gasteiger partial charge < -0.3 is 5.32 Å². The molecule has 88 valence electrons. The highest BCUT2D eigenvalue weighted by Gasteiger charge is 2.14. The predicted octanol–water partition coefficient (Wildman–Crippen LogP) is 4.25. The number of nitrogens with one attached hydrogen (secondary N) is 1. The van der Waals surface area contributed by atoms with Gasteiger partial charge in [0.2, 0.25) is 0 Å². The van der Waals surface area contributed by atoms with Crippen LogP contribution >= 0.6 is 0 Å². The van der Waals surface area contributed by atoms with Gasteiger partial charge in [-0.15, -0.1) is 0 Å². The van der Waals surface area contributed by atoms with Gasteiger partial charge in [-0.1, -0.05) is 39.2 Å². The van der Waals surface area contributed by atoms with E-state index >= 15 is 0 Å². The molecule has 0 bridgehead atoms. The summed E-state index contributed by atoms with van der Waals surface area (Å²) >= 11 is 0. The monoisotopic (exact) mass is 209 g/mol. The van der Waals surface area contributed by atoms with Crippen LogP contribution in [-0.4, -0.2) is 6.04 Å². The minimum absolute atomic E-state index is 0.739. The van der Waals surface area contributed by atoms with Crippen molar-refractivity contribution in [3.05, 3.63) is 11.8 Å². The third-order valence-electron chi connectivity index (χ3n) is 3.69. The van der Waals surface area contributed by atoms with Crippen molar-refractivity contribution in [2.24, 2.45) is 5.92 Å². The molecule has 0 saturated heterocycles. The zero-order valence-corrected chi connectivity index (χ0v) is 10.7. The topological polar surface area (TPSA) is 12.0 Å². The summed E-state index contributed by atoms with van der Waals surface area (Å²) in [5.41, 5.74) is 1.55. The summed E-state index contributed by atoms with van der Waals surface area (Å²) in [4.78, 5) is 0. The highest BCUT2D eigenvalue weighted by atomic mass is 14.9. The van der Waals surface area contributed by atoms with Crippen LogP contribution in [0.4, 0.5) is 0 Å². The first-order chi connectivity index (χ1) is 7.26. The molecule has 1 aliphatic rings. The number of allylic oxidation sites excluding steroid dienone is 1. The van der Waals surface area contributed by atoms with Crippen LogP contribution in [0.2, 0.25) is 0 Å². The summed E-state index contributed by atoms with van der Waals surface area (Å²) in [6, 6.07) is 0.739. The normalized spacial score (nSPS) is 26.9. The molecule has 2 unspecified atom stereocenters. The molecule has 0 spiro atoms. The summed E-state index contributed by atoms with van der Waals surface area (Å²) in [7, 11) is 0. The zero-order valence-electron chi connectivity index (χ0n) is 10.7. The predicted molar refractivity (Wildman–Crippen MR) is 67.8 cm³/mol. The zero-order chi connectivity index (χ0) is 11.1. The van der Waals surface area contributed by atoms with Gasteiger partial charge >= 0.3 is 0 Å². The van der Waals surface area contributed by atoms with E-state index in [4.69, 9.17) is 0 Å². The lowest BCUT2D eigenvalue weighted by Gasteiger charge is -2.15. The van der Waals surface area contributed by atoms with Crippen molar-refractivity contribution in [1.82, 2.24) is 5.32 Å². The van der Waals surface area contributed by atoms with Crippen molar-refractivity contribution in [3.8, 4) is 0 Å². The summed E-state index contributed by atoms with van der Waals surface area (Å²) in [6.45, 7) is 6.88. The second-order valence-electron chi connectivity index (χ2n) is 4.99. The molecule has 2 atom stereocenters. The molecule has 0 aromatic carbocycles. The molecule has 1 saturated carbocycles. The van der Waals surface area contributed by atoms with E-state index in [0.29, 0.717) is 0 Å². The van der Waals surface area contributed by atoms with Gasteiger partial charge in [0.25, 0.3) is 0 Å². The van der Waals surface area contributed by atoms with Crippen molar-refractivity contribution in [1.29, 1.82) is 0 Å². The highest BCUT2D eigenvalue weighted by Crippen LogP contribution is 2.22. The molecule has 1 nitrogen and oxygen atoms in total. The lowest BCUT2D eigenvalue weighted by Crippen LogP contribution is -2.23. The average molecular weight is 209 g/mol. The van der Waals surface area contributed by atoms with Gasteiger partial charge in [0, 0.05) is 6.04 Å². The third-order valence-corrected chi connectivity index (χ3v) is 3.69. The van der Waals surface area contributed by atoms with Crippen LogP contribution in [0.15, 0.2) is 11.8 Å². The van der Waals surface area contributed by atoms with E-state index in [2.05, 4.69) is 32.3 Å². The van der Waals surface area contributed by atoms with Gasteiger partial charge in [0.05, 0.1) is 0 Å². The smallest absolute Gasteiger partial charge is 0.0255 e. The van der Waals surface area contributed by atoms with Gasteiger partial charge in [0.15, 0.2) is 0 Å². The van der Waals surface area contributed by atoms with E-state index in [1.165, 1.54) is 44.9 Å². The molecule has 0 amide bonds. The SMILES string of the molecule is CCC(=CNC1CCCC(C)CC1)CC. The average Bonchev–Trinajstić information content (AvgIpc) is 2.45. The number of rotatable bonds is 4. The minimum Gasteiger partial charge on any atom is -0.388 e. The third kappa shape index (κ3) is 4.72. The molecular formula is C14H27N. The maximum absolute atomic E-state index is 3.62.